The van der Waals surface area contributed by atoms with Crippen LogP contribution in [0.4, 0.5) is 5.13 Å². The van der Waals surface area contributed by atoms with Gasteiger partial charge in [0, 0.05) is 28.9 Å². The minimum Gasteiger partial charge on any atom is -0.494 e. The number of pyridine rings is 1. The highest BCUT2D eigenvalue weighted by atomic mass is 32.1. The summed E-state index contributed by atoms with van der Waals surface area (Å²) in [5.41, 5.74) is 0.613. The number of hydrogen-bond donors (Lipinski definition) is 2. The van der Waals surface area contributed by atoms with E-state index in [1.54, 1.807) is 24.4 Å². The molecule has 0 bridgehead atoms. The lowest BCUT2D eigenvalue weighted by atomic mass is 10.0. The predicted octanol–water partition coefficient (Wildman–Crippen LogP) is 2.57. The normalized spacial score (nSPS) is 10.9. The van der Waals surface area contributed by atoms with Crippen LogP contribution in [-0.4, -0.2) is 20.6 Å². The van der Waals surface area contributed by atoms with Crippen molar-refractivity contribution in [3.05, 3.63) is 50.8 Å². The Morgan fingerprint density at radius 3 is 2.70 bits per heavy atom. The molecule has 0 aliphatic carbocycles. The Kier molecular flexibility index (Phi) is 3.65. The van der Waals surface area contributed by atoms with Crippen LogP contribution in [0.3, 0.4) is 0 Å². The summed E-state index contributed by atoms with van der Waals surface area (Å²) in [6, 6.07) is 5.18. The Labute approximate surface area is 136 Å². The minimum absolute atomic E-state index is 0.0682. The van der Waals surface area contributed by atoms with Crippen molar-refractivity contribution in [1.82, 2.24) is 9.55 Å². The lowest BCUT2D eigenvalue weighted by Crippen LogP contribution is -2.22. The molecule has 2 heterocycles. The summed E-state index contributed by atoms with van der Waals surface area (Å²) in [4.78, 5) is 29.9. The molecule has 118 valence electrons. The molecule has 0 spiro atoms. The molecule has 3 rings (SSSR count). The Morgan fingerprint density at radius 2 is 2.04 bits per heavy atom. The summed E-state index contributed by atoms with van der Waals surface area (Å²) in [7, 11) is 1.43. The molecule has 0 fully saturated rings. The second-order valence-corrected chi connectivity index (χ2v) is 6.58. The van der Waals surface area contributed by atoms with Gasteiger partial charge in [0.05, 0.1) is 0 Å². The molecular weight excluding hydrogens is 314 g/mol. The van der Waals surface area contributed by atoms with Crippen LogP contribution in [0.15, 0.2) is 29.2 Å². The van der Waals surface area contributed by atoms with Gasteiger partial charge in [-0.3, -0.25) is 19.5 Å². The quantitative estimate of drug-likeness (QED) is 0.757. The predicted molar refractivity (Wildman–Crippen MR) is 90.4 cm³/mol. The third-order valence-corrected chi connectivity index (χ3v) is 4.42. The summed E-state index contributed by atoms with van der Waals surface area (Å²) < 4.78 is 1.07. The molecule has 0 atom stereocenters. The topological polar surface area (TPSA) is 84.2 Å². The molecule has 1 amide bonds. The fourth-order valence-electron chi connectivity index (χ4n) is 2.41. The molecule has 0 aliphatic rings. The number of benzene rings is 1. The fourth-order valence-corrected chi connectivity index (χ4v) is 3.07. The number of nitrogens with one attached hydrogen (secondary N) is 1. The average molecular weight is 329 g/mol. The van der Waals surface area contributed by atoms with Gasteiger partial charge in [0.1, 0.15) is 5.56 Å². The molecule has 1 aromatic carbocycles. The van der Waals surface area contributed by atoms with E-state index in [0.29, 0.717) is 15.9 Å². The van der Waals surface area contributed by atoms with Crippen LogP contribution in [-0.2, 0) is 7.05 Å². The number of hydrogen-bond acceptors (Lipinski definition) is 5. The molecule has 7 heteroatoms. The molecule has 0 unspecified atom stereocenters. The van der Waals surface area contributed by atoms with E-state index < -0.39 is 5.91 Å². The Hall–Kier alpha value is -2.67. The zero-order chi connectivity index (χ0) is 16.7. The van der Waals surface area contributed by atoms with Gasteiger partial charge in [-0.25, -0.2) is 4.98 Å². The number of aromatic hydroxyl groups is 1. The van der Waals surface area contributed by atoms with E-state index in [-0.39, 0.29) is 17.0 Å². The van der Waals surface area contributed by atoms with Gasteiger partial charge in [0.2, 0.25) is 5.88 Å². The summed E-state index contributed by atoms with van der Waals surface area (Å²) in [6.45, 7) is 3.75. The van der Waals surface area contributed by atoms with Crippen molar-refractivity contribution in [2.24, 2.45) is 7.05 Å². The maximum absolute atomic E-state index is 12.6. The van der Waals surface area contributed by atoms with Crippen molar-refractivity contribution in [3.63, 3.8) is 0 Å². The van der Waals surface area contributed by atoms with Crippen molar-refractivity contribution >= 4 is 33.1 Å². The molecule has 0 aliphatic heterocycles. The van der Waals surface area contributed by atoms with Crippen molar-refractivity contribution in [2.45, 2.75) is 13.8 Å². The molecule has 23 heavy (non-hydrogen) atoms. The van der Waals surface area contributed by atoms with E-state index in [4.69, 9.17) is 0 Å². The largest absolute Gasteiger partial charge is 0.494 e. The number of amides is 1. The Bertz CT molecular complexity index is 988. The summed E-state index contributed by atoms with van der Waals surface area (Å²) >= 11 is 1.34. The lowest BCUT2D eigenvalue weighted by Gasteiger charge is -2.12. The van der Waals surface area contributed by atoms with Gasteiger partial charge in [0.25, 0.3) is 11.5 Å². The first-order valence-electron chi connectivity index (χ1n) is 6.94. The highest BCUT2D eigenvalue weighted by Gasteiger charge is 2.21. The van der Waals surface area contributed by atoms with Crippen molar-refractivity contribution < 1.29 is 9.90 Å². The van der Waals surface area contributed by atoms with Gasteiger partial charge in [-0.15, -0.1) is 11.3 Å². The van der Waals surface area contributed by atoms with E-state index in [0.717, 1.165) is 15.0 Å². The van der Waals surface area contributed by atoms with E-state index in [1.165, 1.54) is 18.4 Å². The smallest absolute Gasteiger partial charge is 0.263 e. The van der Waals surface area contributed by atoms with E-state index in [1.807, 2.05) is 13.8 Å². The van der Waals surface area contributed by atoms with Crippen LogP contribution >= 0.6 is 11.3 Å². The maximum atomic E-state index is 12.6. The SMILES string of the molecule is Cc1ccc2c(=O)n(C)c(O)c(C(=O)Nc3ncc(C)s3)c2c1. The summed E-state index contributed by atoms with van der Waals surface area (Å²) in [6.07, 6.45) is 1.66. The first kappa shape index (κ1) is 15.2. The van der Waals surface area contributed by atoms with E-state index in [9.17, 15) is 14.7 Å². The minimum atomic E-state index is -0.497. The highest BCUT2D eigenvalue weighted by molar-refractivity contribution is 7.15. The zero-order valence-corrected chi connectivity index (χ0v) is 13.7. The van der Waals surface area contributed by atoms with Crippen LogP contribution in [0.2, 0.25) is 0 Å². The summed E-state index contributed by atoms with van der Waals surface area (Å²) in [5.74, 6) is -0.859. The second-order valence-electron chi connectivity index (χ2n) is 5.34. The third-order valence-electron chi connectivity index (χ3n) is 3.59. The first-order chi connectivity index (χ1) is 10.9. The molecule has 2 N–H and O–H groups in total. The maximum Gasteiger partial charge on any atom is 0.263 e. The van der Waals surface area contributed by atoms with Gasteiger partial charge in [-0.1, -0.05) is 17.7 Å². The van der Waals surface area contributed by atoms with Gasteiger partial charge in [-0.2, -0.15) is 0 Å². The molecule has 0 saturated carbocycles. The fraction of sp³-hybridized carbons (Fsp3) is 0.188. The van der Waals surface area contributed by atoms with Crippen LogP contribution in [0.1, 0.15) is 20.8 Å². The molecule has 0 saturated heterocycles. The van der Waals surface area contributed by atoms with Gasteiger partial charge < -0.3 is 5.11 Å². The van der Waals surface area contributed by atoms with Crippen LogP contribution in [0.25, 0.3) is 10.8 Å². The number of aryl methyl sites for hydroxylation is 2. The van der Waals surface area contributed by atoms with Crippen molar-refractivity contribution in [3.8, 4) is 5.88 Å². The summed E-state index contributed by atoms with van der Waals surface area (Å²) in [5, 5.41) is 14.2. The van der Waals surface area contributed by atoms with Gasteiger partial charge >= 0.3 is 0 Å². The molecule has 6 nitrogen and oxygen atoms in total. The first-order valence-corrected chi connectivity index (χ1v) is 7.76. The number of thiazole rings is 1. The molecule has 0 radical (unpaired) electrons. The van der Waals surface area contributed by atoms with Crippen LogP contribution < -0.4 is 10.9 Å². The average Bonchev–Trinajstić information content (AvgIpc) is 2.90. The molecular formula is C16H15N3O3S. The standard InChI is InChI=1S/C16H15N3O3S/c1-8-4-5-10-11(6-8)12(15(22)19(3)14(10)21)13(20)18-16-17-7-9(2)23-16/h4-7,22H,1-3H3,(H,17,18,20). The number of fused-ring (bicyclic) bond motifs is 1. The molecule has 3 aromatic rings. The third kappa shape index (κ3) is 2.59. The van der Waals surface area contributed by atoms with Gasteiger partial charge in [0.15, 0.2) is 5.13 Å². The monoisotopic (exact) mass is 329 g/mol. The lowest BCUT2D eigenvalue weighted by molar-refractivity contribution is 0.102. The van der Waals surface area contributed by atoms with Crippen LogP contribution in [0, 0.1) is 13.8 Å². The number of anilines is 1. The van der Waals surface area contributed by atoms with E-state index in [2.05, 4.69) is 10.3 Å². The van der Waals surface area contributed by atoms with Crippen molar-refractivity contribution in [2.75, 3.05) is 5.32 Å². The van der Waals surface area contributed by atoms with Crippen molar-refractivity contribution in [1.29, 1.82) is 0 Å². The number of rotatable bonds is 2. The Morgan fingerprint density at radius 1 is 1.30 bits per heavy atom. The Balaban J connectivity index is 2.21. The number of carbonyl (C=O) groups excluding carboxylic acids is 1. The second kappa shape index (κ2) is 5.51. The highest BCUT2D eigenvalue weighted by Crippen LogP contribution is 2.27. The van der Waals surface area contributed by atoms with Gasteiger partial charge in [-0.05, 0) is 19.9 Å². The number of carbonyl (C=O) groups is 1. The van der Waals surface area contributed by atoms with Crippen LogP contribution in [0.5, 0.6) is 5.88 Å². The molecule has 2 aromatic heterocycles. The van der Waals surface area contributed by atoms with E-state index >= 15 is 0 Å². The number of nitrogens with zero attached hydrogens (tertiary/aromatic N) is 2. The zero-order valence-electron chi connectivity index (χ0n) is 12.9. The number of aromatic nitrogens is 2.